The molecule has 1 aliphatic rings. The Hall–Kier alpha value is -1.06. The zero-order valence-corrected chi connectivity index (χ0v) is 13.4. The zero-order valence-electron chi connectivity index (χ0n) is 13.4. The number of aliphatic hydroxyl groups is 1. The molecule has 118 valence electrons. The Morgan fingerprint density at radius 2 is 1.95 bits per heavy atom. The van der Waals surface area contributed by atoms with Crippen molar-refractivity contribution in [1.29, 1.82) is 0 Å². The third kappa shape index (κ3) is 5.01. The summed E-state index contributed by atoms with van der Waals surface area (Å²) in [4.78, 5) is 2.48. The van der Waals surface area contributed by atoms with Crippen LogP contribution in [0.25, 0.3) is 0 Å². The van der Waals surface area contributed by atoms with Crippen molar-refractivity contribution in [2.24, 2.45) is 5.92 Å². The summed E-state index contributed by atoms with van der Waals surface area (Å²) in [6.45, 7) is 8.30. The van der Waals surface area contributed by atoms with Crippen molar-refractivity contribution in [2.75, 3.05) is 26.2 Å². The van der Waals surface area contributed by atoms with Gasteiger partial charge in [-0.05, 0) is 49.9 Å². The summed E-state index contributed by atoms with van der Waals surface area (Å²) in [7, 11) is 0. The number of rotatable bonds is 7. The van der Waals surface area contributed by atoms with E-state index in [1.807, 2.05) is 12.1 Å². The van der Waals surface area contributed by atoms with Crippen LogP contribution in [-0.4, -0.2) is 42.4 Å². The van der Waals surface area contributed by atoms with Crippen LogP contribution >= 0.6 is 0 Å². The van der Waals surface area contributed by atoms with E-state index in [4.69, 9.17) is 4.74 Å². The lowest BCUT2D eigenvalue weighted by molar-refractivity contribution is 0.0270. The molecule has 1 aromatic carbocycles. The molecule has 2 atom stereocenters. The largest absolute Gasteiger partial charge is 0.494 e. The van der Waals surface area contributed by atoms with E-state index < -0.39 is 0 Å². The molecule has 3 heteroatoms. The molecule has 1 saturated heterocycles. The van der Waals surface area contributed by atoms with E-state index in [-0.39, 0.29) is 6.10 Å². The number of nitrogens with zero attached hydrogens (tertiary/aromatic N) is 1. The highest BCUT2D eigenvalue weighted by Crippen LogP contribution is 2.23. The quantitative estimate of drug-likeness (QED) is 0.838. The molecule has 0 radical (unpaired) electrons. The Morgan fingerprint density at radius 1 is 1.19 bits per heavy atom. The smallest absolute Gasteiger partial charge is 0.119 e. The highest BCUT2D eigenvalue weighted by Gasteiger charge is 2.27. The molecule has 0 aliphatic carbocycles. The monoisotopic (exact) mass is 291 g/mol. The van der Waals surface area contributed by atoms with Crippen LogP contribution in [0.15, 0.2) is 24.3 Å². The molecule has 0 amide bonds. The van der Waals surface area contributed by atoms with Crippen molar-refractivity contribution in [3.05, 3.63) is 29.8 Å². The van der Waals surface area contributed by atoms with Gasteiger partial charge in [-0.25, -0.2) is 0 Å². The van der Waals surface area contributed by atoms with Gasteiger partial charge in [0.05, 0.1) is 12.7 Å². The number of ether oxygens (including phenoxy) is 1. The van der Waals surface area contributed by atoms with Crippen molar-refractivity contribution in [2.45, 2.75) is 45.6 Å². The van der Waals surface area contributed by atoms with Gasteiger partial charge in [-0.3, -0.25) is 0 Å². The van der Waals surface area contributed by atoms with Gasteiger partial charge in [-0.2, -0.15) is 0 Å². The van der Waals surface area contributed by atoms with Gasteiger partial charge in [0.15, 0.2) is 0 Å². The van der Waals surface area contributed by atoms with E-state index in [1.165, 1.54) is 12.0 Å². The first-order chi connectivity index (χ1) is 10.2. The minimum atomic E-state index is -0.158. The third-order valence-corrected chi connectivity index (χ3v) is 4.21. The van der Waals surface area contributed by atoms with Crippen LogP contribution in [0.3, 0.4) is 0 Å². The average molecular weight is 291 g/mol. The molecule has 1 aliphatic heterocycles. The molecule has 2 unspecified atom stereocenters. The van der Waals surface area contributed by atoms with E-state index >= 15 is 0 Å². The fourth-order valence-corrected chi connectivity index (χ4v) is 3.06. The lowest BCUT2D eigenvalue weighted by Crippen LogP contribution is -2.44. The Labute approximate surface area is 128 Å². The molecule has 0 spiro atoms. The van der Waals surface area contributed by atoms with E-state index in [2.05, 4.69) is 30.9 Å². The maximum atomic E-state index is 10.2. The van der Waals surface area contributed by atoms with Gasteiger partial charge < -0.3 is 14.7 Å². The minimum Gasteiger partial charge on any atom is -0.494 e. The zero-order chi connectivity index (χ0) is 15.1. The summed E-state index contributed by atoms with van der Waals surface area (Å²) in [6, 6.07) is 8.36. The van der Waals surface area contributed by atoms with Crippen molar-refractivity contribution in [3.8, 4) is 5.75 Å². The van der Waals surface area contributed by atoms with Gasteiger partial charge in [0.2, 0.25) is 0 Å². The number of aliphatic hydroxyl groups excluding tert-OH is 1. The van der Waals surface area contributed by atoms with Crippen molar-refractivity contribution < 1.29 is 9.84 Å². The van der Waals surface area contributed by atoms with Gasteiger partial charge in [0.1, 0.15) is 5.75 Å². The summed E-state index contributed by atoms with van der Waals surface area (Å²) in [5.41, 5.74) is 1.29. The van der Waals surface area contributed by atoms with Crippen LogP contribution in [0.2, 0.25) is 0 Å². The first-order valence-electron chi connectivity index (χ1n) is 8.35. The molecule has 21 heavy (non-hydrogen) atoms. The average Bonchev–Trinajstić information content (AvgIpc) is 2.50. The van der Waals surface area contributed by atoms with Crippen LogP contribution < -0.4 is 4.74 Å². The second-order valence-corrected chi connectivity index (χ2v) is 6.11. The second-order valence-electron chi connectivity index (χ2n) is 6.11. The van der Waals surface area contributed by atoms with Crippen molar-refractivity contribution >= 4 is 0 Å². The minimum absolute atomic E-state index is 0.158. The Kier molecular flexibility index (Phi) is 6.52. The SMILES string of the molecule is CCCOc1ccc(CC2CN(CCC)CCC2O)cc1. The van der Waals surface area contributed by atoms with Crippen LogP contribution in [0.1, 0.15) is 38.7 Å². The molecular formula is C18H29NO2. The molecule has 0 bridgehead atoms. The van der Waals surface area contributed by atoms with Crippen LogP contribution in [0.4, 0.5) is 0 Å². The molecule has 1 N–H and O–H groups in total. The fraction of sp³-hybridized carbons (Fsp3) is 0.667. The second kappa shape index (κ2) is 8.40. The maximum absolute atomic E-state index is 10.2. The molecule has 1 aromatic rings. The first-order valence-corrected chi connectivity index (χ1v) is 8.35. The number of benzene rings is 1. The topological polar surface area (TPSA) is 32.7 Å². The number of hydrogen-bond acceptors (Lipinski definition) is 3. The van der Waals surface area contributed by atoms with Gasteiger partial charge in [-0.15, -0.1) is 0 Å². The normalized spacial score (nSPS) is 23.2. The predicted octanol–water partition coefficient (Wildman–Crippen LogP) is 3.11. The molecular weight excluding hydrogens is 262 g/mol. The molecule has 1 fully saturated rings. The van der Waals surface area contributed by atoms with Crippen LogP contribution in [0.5, 0.6) is 5.75 Å². The molecule has 3 nitrogen and oxygen atoms in total. The number of piperidine rings is 1. The summed E-state index contributed by atoms with van der Waals surface area (Å²) >= 11 is 0. The van der Waals surface area contributed by atoms with Gasteiger partial charge >= 0.3 is 0 Å². The first kappa shape index (κ1) is 16.3. The standard InChI is InChI=1S/C18H29NO2/c1-3-10-19-11-9-18(20)16(14-19)13-15-5-7-17(8-6-15)21-12-4-2/h5-8,16,18,20H,3-4,9-14H2,1-2H3. The lowest BCUT2D eigenvalue weighted by atomic mass is 9.88. The van der Waals surface area contributed by atoms with Gasteiger partial charge in [0.25, 0.3) is 0 Å². The molecule has 2 rings (SSSR count). The Morgan fingerprint density at radius 3 is 2.62 bits per heavy atom. The third-order valence-electron chi connectivity index (χ3n) is 4.21. The van der Waals surface area contributed by atoms with Crippen molar-refractivity contribution in [1.82, 2.24) is 4.90 Å². The van der Waals surface area contributed by atoms with Gasteiger partial charge in [0, 0.05) is 19.0 Å². The summed E-state index contributed by atoms with van der Waals surface area (Å²) < 4.78 is 5.61. The molecule has 0 aromatic heterocycles. The van der Waals surface area contributed by atoms with Crippen LogP contribution in [-0.2, 0) is 6.42 Å². The van der Waals surface area contributed by atoms with Gasteiger partial charge in [-0.1, -0.05) is 26.0 Å². The maximum Gasteiger partial charge on any atom is 0.119 e. The summed E-state index contributed by atoms with van der Waals surface area (Å²) in [6.07, 6.45) is 3.92. The summed E-state index contributed by atoms with van der Waals surface area (Å²) in [5.74, 6) is 1.30. The lowest BCUT2D eigenvalue weighted by Gasteiger charge is -2.36. The Balaban J connectivity index is 1.89. The fourth-order valence-electron chi connectivity index (χ4n) is 3.06. The van der Waals surface area contributed by atoms with E-state index in [0.717, 1.165) is 51.3 Å². The molecule has 1 heterocycles. The predicted molar refractivity (Wildman–Crippen MR) is 86.8 cm³/mol. The number of hydrogen-bond donors (Lipinski definition) is 1. The van der Waals surface area contributed by atoms with Crippen molar-refractivity contribution in [3.63, 3.8) is 0 Å². The number of likely N-dealkylation sites (tertiary alicyclic amines) is 1. The van der Waals surface area contributed by atoms with E-state index in [1.54, 1.807) is 0 Å². The molecule has 0 saturated carbocycles. The van der Waals surface area contributed by atoms with E-state index in [0.29, 0.717) is 5.92 Å². The Bertz CT molecular complexity index is 404. The highest BCUT2D eigenvalue weighted by molar-refractivity contribution is 5.27. The highest BCUT2D eigenvalue weighted by atomic mass is 16.5. The summed E-state index contributed by atoms with van der Waals surface area (Å²) in [5, 5.41) is 10.2. The van der Waals surface area contributed by atoms with Crippen LogP contribution in [0, 0.1) is 5.92 Å². The van der Waals surface area contributed by atoms with E-state index in [9.17, 15) is 5.11 Å².